The summed E-state index contributed by atoms with van der Waals surface area (Å²) in [4.78, 5) is 13.0. The molecular weight excluding hydrogens is 440 g/mol. The molecule has 0 aromatic heterocycles. The van der Waals surface area contributed by atoms with Gasteiger partial charge in [-0.3, -0.25) is 0 Å². The van der Waals surface area contributed by atoms with E-state index in [1.807, 2.05) is 24.3 Å². The van der Waals surface area contributed by atoms with Crippen LogP contribution in [-0.2, 0) is 9.53 Å². The Hall–Kier alpha value is -1.83. The lowest BCUT2D eigenvalue weighted by Gasteiger charge is -2.06. The van der Waals surface area contributed by atoms with Gasteiger partial charge in [0, 0.05) is 9.37 Å². The van der Waals surface area contributed by atoms with Crippen LogP contribution in [0.15, 0.2) is 79.6 Å². The summed E-state index contributed by atoms with van der Waals surface area (Å²) in [6.07, 6.45) is 0. The number of nitrogens with zero attached hydrogens (tertiary/aromatic N) is 2. The van der Waals surface area contributed by atoms with Gasteiger partial charge in [0.1, 0.15) is 11.4 Å². The highest BCUT2D eigenvalue weighted by Crippen LogP contribution is 2.27. The normalized spacial score (nSPS) is 12.1. The van der Waals surface area contributed by atoms with E-state index in [4.69, 9.17) is 16.3 Å². The SMILES string of the molecule is CCOC(=O)/C(N=Nc1ccccc1Cl)=C(/O)CSc1ccc(Br)cc1. The van der Waals surface area contributed by atoms with Crippen LogP contribution in [0.4, 0.5) is 5.69 Å². The number of ether oxygens (including phenoxy) is 1. The first-order valence-electron chi connectivity index (χ1n) is 7.65. The Balaban J connectivity index is 2.21. The standard InChI is InChI=1S/C18H16BrClN2O3S/c1-2-25-18(24)17(22-21-15-6-4-3-5-14(15)20)16(23)11-26-13-9-7-12(19)8-10-13/h3-10,23H,2,11H2,1H3/b17-16-,22-21?. The number of aliphatic hydroxyl groups excluding tert-OH is 1. The number of carbonyl (C=O) groups excluding carboxylic acids is 1. The Morgan fingerprint density at radius 3 is 2.58 bits per heavy atom. The minimum Gasteiger partial charge on any atom is -0.509 e. The predicted octanol–water partition coefficient (Wildman–Crippen LogP) is 6.31. The number of thioether (sulfide) groups is 1. The first-order valence-corrected chi connectivity index (χ1v) is 9.80. The zero-order valence-corrected chi connectivity index (χ0v) is 17.0. The Labute approximate surface area is 169 Å². The van der Waals surface area contributed by atoms with Crippen molar-refractivity contribution in [3.05, 3.63) is 69.5 Å². The summed E-state index contributed by atoms with van der Waals surface area (Å²) >= 11 is 10.8. The van der Waals surface area contributed by atoms with E-state index in [-0.39, 0.29) is 23.8 Å². The lowest BCUT2D eigenvalue weighted by Crippen LogP contribution is -2.09. The molecule has 2 aromatic carbocycles. The topological polar surface area (TPSA) is 71.2 Å². The second kappa shape index (κ2) is 10.4. The van der Waals surface area contributed by atoms with Crippen molar-refractivity contribution in [3.63, 3.8) is 0 Å². The highest BCUT2D eigenvalue weighted by molar-refractivity contribution is 9.10. The van der Waals surface area contributed by atoms with Crippen LogP contribution in [0.2, 0.25) is 5.02 Å². The molecule has 0 amide bonds. The molecule has 8 heteroatoms. The first-order chi connectivity index (χ1) is 12.5. The molecule has 0 aliphatic rings. The predicted molar refractivity (Wildman–Crippen MR) is 107 cm³/mol. The molecule has 0 saturated carbocycles. The highest BCUT2D eigenvalue weighted by Gasteiger charge is 2.17. The maximum Gasteiger partial charge on any atom is 0.362 e. The number of hydrogen-bond donors (Lipinski definition) is 1. The molecular formula is C18H16BrClN2O3S. The smallest absolute Gasteiger partial charge is 0.362 e. The van der Waals surface area contributed by atoms with Gasteiger partial charge < -0.3 is 9.84 Å². The number of benzene rings is 2. The molecule has 0 heterocycles. The third-order valence-corrected chi connectivity index (χ3v) is 4.91. The summed E-state index contributed by atoms with van der Waals surface area (Å²) in [6.45, 7) is 1.84. The average molecular weight is 456 g/mol. The average Bonchev–Trinajstić information content (AvgIpc) is 2.63. The summed E-state index contributed by atoms with van der Waals surface area (Å²) in [5.74, 6) is -0.804. The van der Waals surface area contributed by atoms with Gasteiger partial charge in [0.2, 0.25) is 5.70 Å². The second-order valence-electron chi connectivity index (χ2n) is 4.91. The van der Waals surface area contributed by atoms with E-state index in [1.54, 1.807) is 31.2 Å². The maximum atomic E-state index is 12.1. The lowest BCUT2D eigenvalue weighted by molar-refractivity contribution is -0.138. The summed E-state index contributed by atoms with van der Waals surface area (Å²) in [5.41, 5.74) is 0.153. The Bertz CT molecular complexity index is 825. The zero-order chi connectivity index (χ0) is 18.9. The highest BCUT2D eigenvalue weighted by atomic mass is 79.9. The van der Waals surface area contributed by atoms with Gasteiger partial charge in [-0.25, -0.2) is 4.79 Å². The molecule has 26 heavy (non-hydrogen) atoms. The van der Waals surface area contributed by atoms with Crippen LogP contribution in [0.1, 0.15) is 6.92 Å². The van der Waals surface area contributed by atoms with Gasteiger partial charge in [-0.05, 0) is 43.3 Å². The van der Waals surface area contributed by atoms with Crippen molar-refractivity contribution in [2.24, 2.45) is 10.2 Å². The number of azo groups is 1. The minimum atomic E-state index is -0.739. The molecule has 0 unspecified atom stereocenters. The molecule has 2 rings (SSSR count). The molecule has 0 aliphatic carbocycles. The van der Waals surface area contributed by atoms with Gasteiger partial charge in [0.25, 0.3) is 0 Å². The number of carbonyl (C=O) groups is 1. The van der Waals surface area contributed by atoms with Crippen molar-refractivity contribution in [1.29, 1.82) is 0 Å². The Kier molecular flexibility index (Phi) is 8.15. The number of halogens is 2. The van der Waals surface area contributed by atoms with Crippen LogP contribution >= 0.6 is 39.3 Å². The third kappa shape index (κ3) is 6.16. The fourth-order valence-electron chi connectivity index (χ4n) is 1.80. The van der Waals surface area contributed by atoms with Gasteiger partial charge in [0.15, 0.2) is 0 Å². The maximum absolute atomic E-state index is 12.1. The number of aliphatic hydroxyl groups is 1. The number of hydrogen-bond acceptors (Lipinski definition) is 6. The zero-order valence-electron chi connectivity index (χ0n) is 13.9. The van der Waals surface area contributed by atoms with Gasteiger partial charge in [0.05, 0.1) is 17.4 Å². The molecule has 0 atom stereocenters. The van der Waals surface area contributed by atoms with Crippen LogP contribution in [0.25, 0.3) is 0 Å². The van der Waals surface area contributed by atoms with Crippen LogP contribution in [-0.4, -0.2) is 23.4 Å². The van der Waals surface area contributed by atoms with Gasteiger partial charge >= 0.3 is 5.97 Å². The van der Waals surface area contributed by atoms with Crippen molar-refractivity contribution in [3.8, 4) is 0 Å². The van der Waals surface area contributed by atoms with E-state index < -0.39 is 5.97 Å². The molecule has 0 fully saturated rings. The molecule has 0 bridgehead atoms. The van der Waals surface area contributed by atoms with Crippen LogP contribution in [0, 0.1) is 0 Å². The van der Waals surface area contributed by atoms with E-state index in [1.165, 1.54) is 11.8 Å². The molecule has 0 radical (unpaired) electrons. The first kappa shape index (κ1) is 20.5. The Morgan fingerprint density at radius 2 is 1.92 bits per heavy atom. The fraction of sp³-hybridized carbons (Fsp3) is 0.167. The van der Waals surface area contributed by atoms with Crippen molar-refractivity contribution in [2.45, 2.75) is 11.8 Å². The van der Waals surface area contributed by atoms with Gasteiger partial charge in [-0.15, -0.1) is 22.0 Å². The quantitative estimate of drug-likeness (QED) is 0.174. The van der Waals surface area contributed by atoms with E-state index in [0.717, 1.165) is 9.37 Å². The molecule has 2 aromatic rings. The summed E-state index contributed by atoms with van der Waals surface area (Å²) in [6, 6.07) is 14.4. The minimum absolute atomic E-state index is 0.150. The summed E-state index contributed by atoms with van der Waals surface area (Å²) in [5, 5.41) is 18.6. The second-order valence-corrected chi connectivity index (χ2v) is 7.28. The van der Waals surface area contributed by atoms with Crippen molar-refractivity contribution >= 4 is 50.9 Å². The fourth-order valence-corrected chi connectivity index (χ4v) is 3.01. The van der Waals surface area contributed by atoms with E-state index >= 15 is 0 Å². The van der Waals surface area contributed by atoms with Crippen LogP contribution in [0.3, 0.4) is 0 Å². The van der Waals surface area contributed by atoms with Crippen molar-refractivity contribution in [1.82, 2.24) is 0 Å². The van der Waals surface area contributed by atoms with Crippen LogP contribution < -0.4 is 0 Å². The van der Waals surface area contributed by atoms with Crippen molar-refractivity contribution < 1.29 is 14.6 Å². The number of esters is 1. The molecule has 5 nitrogen and oxygen atoms in total. The van der Waals surface area contributed by atoms with Crippen LogP contribution in [0.5, 0.6) is 0 Å². The molecule has 136 valence electrons. The Morgan fingerprint density at radius 1 is 1.23 bits per heavy atom. The van der Waals surface area contributed by atoms with Crippen molar-refractivity contribution in [2.75, 3.05) is 12.4 Å². The number of rotatable bonds is 7. The largest absolute Gasteiger partial charge is 0.509 e. The lowest BCUT2D eigenvalue weighted by atomic mass is 10.3. The van der Waals surface area contributed by atoms with Gasteiger partial charge in [-0.1, -0.05) is 39.7 Å². The van der Waals surface area contributed by atoms with E-state index in [9.17, 15) is 9.90 Å². The van der Waals surface area contributed by atoms with E-state index in [0.29, 0.717) is 10.7 Å². The monoisotopic (exact) mass is 454 g/mol. The molecule has 0 aliphatic heterocycles. The third-order valence-electron chi connectivity index (χ3n) is 3.04. The summed E-state index contributed by atoms with van der Waals surface area (Å²) in [7, 11) is 0. The molecule has 0 spiro atoms. The summed E-state index contributed by atoms with van der Waals surface area (Å²) < 4.78 is 5.91. The van der Waals surface area contributed by atoms with E-state index in [2.05, 4.69) is 26.2 Å². The molecule has 1 N–H and O–H groups in total. The molecule has 0 saturated heterocycles. The van der Waals surface area contributed by atoms with Gasteiger partial charge in [-0.2, -0.15) is 0 Å².